The summed E-state index contributed by atoms with van der Waals surface area (Å²) in [5.74, 6) is 0. The van der Waals surface area contributed by atoms with E-state index >= 15 is 0 Å². The third-order valence-corrected chi connectivity index (χ3v) is 4.09. The first kappa shape index (κ1) is 12.3. The first-order valence-corrected chi connectivity index (χ1v) is 6.35. The van der Waals surface area contributed by atoms with Gasteiger partial charge in [-0.3, -0.25) is 0 Å². The molecule has 0 amide bonds. The number of hydrogen-bond acceptors (Lipinski definition) is 2. The molecule has 0 spiro atoms. The zero-order valence-corrected chi connectivity index (χ0v) is 11.9. The molecule has 3 nitrogen and oxygen atoms in total. The summed E-state index contributed by atoms with van der Waals surface area (Å²) in [6.07, 6.45) is 0. The van der Waals surface area contributed by atoms with Gasteiger partial charge in [0.25, 0.3) is 0 Å². The molecule has 1 heterocycles. The zero-order chi connectivity index (χ0) is 12.6. The predicted octanol–water partition coefficient (Wildman–Crippen LogP) is 3.02. The van der Waals surface area contributed by atoms with Crippen molar-refractivity contribution in [1.29, 1.82) is 0 Å². The van der Waals surface area contributed by atoms with Crippen molar-refractivity contribution >= 4 is 15.9 Å². The summed E-state index contributed by atoms with van der Waals surface area (Å²) in [5.41, 5.74) is 11.2. The van der Waals surface area contributed by atoms with Gasteiger partial charge in [-0.1, -0.05) is 12.1 Å². The molecule has 0 aliphatic heterocycles. The van der Waals surface area contributed by atoms with Crippen molar-refractivity contribution in [3.05, 3.63) is 45.2 Å². The van der Waals surface area contributed by atoms with Gasteiger partial charge >= 0.3 is 0 Å². The van der Waals surface area contributed by atoms with E-state index in [1.54, 1.807) is 0 Å². The second-order valence-electron chi connectivity index (χ2n) is 4.22. The molecule has 2 aromatic rings. The zero-order valence-electron chi connectivity index (χ0n) is 10.3. The van der Waals surface area contributed by atoms with Gasteiger partial charge in [-0.25, -0.2) is 4.68 Å². The normalized spacial score (nSPS) is 10.9. The minimum absolute atomic E-state index is 0.549. The van der Waals surface area contributed by atoms with Crippen molar-refractivity contribution in [2.45, 2.75) is 27.3 Å². The largest absolute Gasteiger partial charge is 0.326 e. The predicted molar refractivity (Wildman–Crippen MR) is 73.4 cm³/mol. The highest BCUT2D eigenvalue weighted by Crippen LogP contribution is 2.25. The van der Waals surface area contributed by atoms with E-state index in [2.05, 4.69) is 53.1 Å². The maximum Gasteiger partial charge on any atom is 0.0743 e. The molecule has 0 unspecified atom stereocenters. The topological polar surface area (TPSA) is 43.8 Å². The van der Waals surface area contributed by atoms with Crippen LogP contribution in [-0.4, -0.2) is 9.78 Å². The van der Waals surface area contributed by atoms with Gasteiger partial charge in [0.1, 0.15) is 0 Å². The molecular weight excluding hydrogens is 278 g/mol. The maximum atomic E-state index is 5.68. The van der Waals surface area contributed by atoms with Gasteiger partial charge in [0.2, 0.25) is 0 Å². The molecular formula is C13H16BrN3. The molecule has 0 bridgehead atoms. The van der Waals surface area contributed by atoms with Crippen LogP contribution in [0.25, 0.3) is 5.69 Å². The minimum atomic E-state index is 0.549. The number of rotatable bonds is 2. The van der Waals surface area contributed by atoms with Crippen LogP contribution >= 0.6 is 15.9 Å². The monoisotopic (exact) mass is 293 g/mol. The first-order chi connectivity index (χ1) is 8.04. The Morgan fingerprint density at radius 1 is 1.29 bits per heavy atom. The molecule has 1 aromatic heterocycles. The summed E-state index contributed by atoms with van der Waals surface area (Å²) < 4.78 is 3.03. The molecule has 0 aliphatic carbocycles. The Morgan fingerprint density at radius 3 is 2.53 bits per heavy atom. The lowest BCUT2D eigenvalue weighted by Crippen LogP contribution is -2.04. The minimum Gasteiger partial charge on any atom is -0.326 e. The number of hydrogen-bond donors (Lipinski definition) is 1. The molecule has 0 fully saturated rings. The van der Waals surface area contributed by atoms with Crippen molar-refractivity contribution in [3.63, 3.8) is 0 Å². The number of halogens is 1. The van der Waals surface area contributed by atoms with E-state index in [1.807, 2.05) is 11.6 Å². The third-order valence-electron chi connectivity index (χ3n) is 2.94. The summed E-state index contributed by atoms with van der Waals surface area (Å²) in [6.45, 7) is 6.68. The van der Waals surface area contributed by atoms with Gasteiger partial charge in [-0.15, -0.1) is 0 Å². The lowest BCUT2D eigenvalue weighted by molar-refractivity contribution is 0.824. The van der Waals surface area contributed by atoms with Crippen LogP contribution in [0, 0.1) is 20.8 Å². The van der Waals surface area contributed by atoms with E-state index in [4.69, 9.17) is 5.73 Å². The summed E-state index contributed by atoms with van der Waals surface area (Å²) >= 11 is 3.55. The average molecular weight is 294 g/mol. The number of aryl methyl sites for hydroxylation is 2. The molecule has 0 aliphatic rings. The van der Waals surface area contributed by atoms with Crippen LogP contribution in [-0.2, 0) is 6.54 Å². The molecule has 2 N–H and O–H groups in total. The van der Waals surface area contributed by atoms with Crippen LogP contribution in [0.4, 0.5) is 0 Å². The van der Waals surface area contributed by atoms with Crippen molar-refractivity contribution in [3.8, 4) is 5.69 Å². The Kier molecular flexibility index (Phi) is 3.35. The van der Waals surface area contributed by atoms with E-state index in [-0.39, 0.29) is 0 Å². The molecule has 2 rings (SSSR count). The Balaban J connectivity index is 2.63. The second kappa shape index (κ2) is 4.63. The third kappa shape index (κ3) is 2.15. The van der Waals surface area contributed by atoms with Crippen molar-refractivity contribution in [1.82, 2.24) is 9.78 Å². The first-order valence-electron chi connectivity index (χ1n) is 5.56. The maximum absolute atomic E-state index is 5.68. The molecule has 0 saturated heterocycles. The van der Waals surface area contributed by atoms with Gasteiger partial charge in [-0.2, -0.15) is 5.10 Å². The quantitative estimate of drug-likeness (QED) is 0.925. The van der Waals surface area contributed by atoms with Crippen molar-refractivity contribution < 1.29 is 0 Å². The van der Waals surface area contributed by atoms with E-state index < -0.39 is 0 Å². The second-order valence-corrected chi connectivity index (χ2v) is 5.01. The summed E-state index contributed by atoms with van der Waals surface area (Å²) in [6, 6.07) is 6.24. The Morgan fingerprint density at radius 2 is 2.00 bits per heavy atom. The SMILES string of the molecule is Cc1ccc(CN)cc1-n1nc(C)c(Br)c1C. The molecule has 90 valence electrons. The molecule has 4 heteroatoms. The summed E-state index contributed by atoms with van der Waals surface area (Å²) in [7, 11) is 0. The fourth-order valence-electron chi connectivity index (χ4n) is 1.87. The van der Waals surface area contributed by atoms with Gasteiger partial charge in [0, 0.05) is 6.54 Å². The van der Waals surface area contributed by atoms with Gasteiger partial charge < -0.3 is 5.73 Å². The molecule has 1 aromatic carbocycles. The van der Waals surface area contributed by atoms with Crippen LogP contribution < -0.4 is 5.73 Å². The van der Waals surface area contributed by atoms with E-state index in [1.165, 1.54) is 5.56 Å². The molecule has 17 heavy (non-hydrogen) atoms. The molecule has 0 atom stereocenters. The average Bonchev–Trinajstić information content (AvgIpc) is 2.58. The highest BCUT2D eigenvalue weighted by molar-refractivity contribution is 9.10. The lowest BCUT2D eigenvalue weighted by Gasteiger charge is -2.10. The summed E-state index contributed by atoms with van der Waals surface area (Å²) in [5, 5.41) is 4.55. The molecule has 0 radical (unpaired) electrons. The van der Waals surface area contributed by atoms with E-state index in [0.29, 0.717) is 6.54 Å². The van der Waals surface area contributed by atoms with Crippen LogP contribution in [0.3, 0.4) is 0 Å². The number of nitrogens with two attached hydrogens (primary N) is 1. The van der Waals surface area contributed by atoms with Gasteiger partial charge in [0.15, 0.2) is 0 Å². The standard InChI is InChI=1S/C13H16BrN3/c1-8-4-5-11(7-15)6-12(8)17-10(3)13(14)9(2)16-17/h4-6H,7,15H2,1-3H3. The lowest BCUT2D eigenvalue weighted by atomic mass is 10.1. The van der Waals surface area contributed by atoms with Crippen LogP contribution in [0.2, 0.25) is 0 Å². The number of aromatic nitrogens is 2. The van der Waals surface area contributed by atoms with Crippen molar-refractivity contribution in [2.24, 2.45) is 5.73 Å². The summed E-state index contributed by atoms with van der Waals surface area (Å²) in [4.78, 5) is 0. The Hall–Kier alpha value is -1.13. The Labute approximate surface area is 110 Å². The highest BCUT2D eigenvalue weighted by Gasteiger charge is 2.12. The van der Waals surface area contributed by atoms with Gasteiger partial charge in [-0.05, 0) is 53.9 Å². The molecule has 0 saturated carbocycles. The number of nitrogens with zero attached hydrogens (tertiary/aromatic N) is 2. The smallest absolute Gasteiger partial charge is 0.0743 e. The van der Waals surface area contributed by atoms with Gasteiger partial charge in [0.05, 0.1) is 21.5 Å². The van der Waals surface area contributed by atoms with Crippen LogP contribution in [0.15, 0.2) is 22.7 Å². The highest BCUT2D eigenvalue weighted by atomic mass is 79.9. The van der Waals surface area contributed by atoms with Crippen LogP contribution in [0.1, 0.15) is 22.5 Å². The fourth-order valence-corrected chi connectivity index (χ4v) is 2.12. The van der Waals surface area contributed by atoms with Crippen LogP contribution in [0.5, 0.6) is 0 Å². The fraction of sp³-hybridized carbons (Fsp3) is 0.308. The Bertz CT molecular complexity index is 558. The van der Waals surface area contributed by atoms with E-state index in [0.717, 1.165) is 27.1 Å². The van der Waals surface area contributed by atoms with E-state index in [9.17, 15) is 0 Å². The van der Waals surface area contributed by atoms with Crippen molar-refractivity contribution in [2.75, 3.05) is 0 Å². The number of benzene rings is 1.